The van der Waals surface area contributed by atoms with Gasteiger partial charge in [-0.25, -0.2) is 0 Å². The van der Waals surface area contributed by atoms with Crippen LogP contribution in [0.1, 0.15) is 28.2 Å². The van der Waals surface area contributed by atoms with Gasteiger partial charge in [0.05, 0.1) is 5.69 Å². The molecule has 0 aromatic carbocycles. The summed E-state index contributed by atoms with van der Waals surface area (Å²) in [5.74, 6) is 0.489. The molecule has 2 aromatic rings. The number of nitrogens with one attached hydrogen (secondary N) is 1. The normalized spacial score (nSPS) is 10.2. The van der Waals surface area contributed by atoms with E-state index in [2.05, 4.69) is 21.7 Å². The van der Waals surface area contributed by atoms with Gasteiger partial charge >= 0.3 is 0 Å². The molecule has 2 aromatic heterocycles. The van der Waals surface area contributed by atoms with E-state index in [1.54, 1.807) is 0 Å². The molecular weight excluding hydrogens is 226 g/mol. The van der Waals surface area contributed by atoms with Crippen molar-refractivity contribution in [1.82, 2.24) is 14.9 Å². The maximum absolute atomic E-state index is 9.22. The summed E-state index contributed by atoms with van der Waals surface area (Å²) in [7, 11) is 0. The van der Waals surface area contributed by atoms with E-state index < -0.39 is 0 Å². The number of rotatable bonds is 2. The molecular formula is C13H15N5. The minimum absolute atomic E-state index is 0.489. The second-order valence-electron chi connectivity index (χ2n) is 4.31. The van der Waals surface area contributed by atoms with Crippen molar-refractivity contribution in [2.45, 2.75) is 27.7 Å². The van der Waals surface area contributed by atoms with Crippen LogP contribution in [-0.2, 0) is 0 Å². The smallest absolute Gasteiger partial charge is 0.185 e. The largest absolute Gasteiger partial charge is 0.275 e. The van der Waals surface area contributed by atoms with Crippen LogP contribution in [0.15, 0.2) is 12.1 Å². The van der Waals surface area contributed by atoms with E-state index in [-0.39, 0.29) is 0 Å². The van der Waals surface area contributed by atoms with E-state index in [4.69, 9.17) is 0 Å². The van der Waals surface area contributed by atoms with Crippen LogP contribution < -0.4 is 5.43 Å². The Balaban J connectivity index is 2.48. The first-order chi connectivity index (χ1) is 8.54. The van der Waals surface area contributed by atoms with E-state index in [0.717, 1.165) is 22.6 Å². The van der Waals surface area contributed by atoms with E-state index in [0.29, 0.717) is 11.4 Å². The lowest BCUT2D eigenvalue weighted by atomic mass is 10.1. The number of hydrogen-bond acceptors (Lipinski definition) is 4. The Morgan fingerprint density at radius 2 is 1.72 bits per heavy atom. The van der Waals surface area contributed by atoms with Gasteiger partial charge in [-0.05, 0) is 45.4 Å². The lowest BCUT2D eigenvalue weighted by Gasteiger charge is -2.13. The van der Waals surface area contributed by atoms with E-state index in [9.17, 15) is 5.26 Å². The lowest BCUT2D eigenvalue weighted by molar-refractivity contribution is 0.845. The quantitative estimate of drug-likeness (QED) is 0.875. The summed E-state index contributed by atoms with van der Waals surface area (Å²) >= 11 is 0. The molecule has 0 aliphatic rings. The summed E-state index contributed by atoms with van der Waals surface area (Å²) in [6.45, 7) is 7.70. The Morgan fingerprint density at radius 1 is 1.11 bits per heavy atom. The summed E-state index contributed by atoms with van der Waals surface area (Å²) in [5, 5.41) is 17.3. The Labute approximate surface area is 106 Å². The number of hydrogen-bond donors (Lipinski definition) is 1. The minimum atomic E-state index is 0.489. The third-order valence-electron chi connectivity index (χ3n) is 3.06. The molecule has 5 heteroatoms. The fraction of sp³-hybridized carbons (Fsp3) is 0.308. The molecule has 2 rings (SSSR count). The first kappa shape index (κ1) is 12.1. The molecule has 18 heavy (non-hydrogen) atoms. The number of anilines is 1. The predicted molar refractivity (Wildman–Crippen MR) is 69.1 cm³/mol. The molecule has 92 valence electrons. The third-order valence-corrected chi connectivity index (χ3v) is 3.06. The van der Waals surface area contributed by atoms with Crippen LogP contribution in [0.5, 0.6) is 0 Å². The van der Waals surface area contributed by atoms with Crippen molar-refractivity contribution in [3.8, 4) is 6.07 Å². The number of nitriles is 1. The van der Waals surface area contributed by atoms with Gasteiger partial charge in [0.15, 0.2) is 5.82 Å². The van der Waals surface area contributed by atoms with Crippen LogP contribution in [0, 0.1) is 39.0 Å². The van der Waals surface area contributed by atoms with Crippen LogP contribution >= 0.6 is 0 Å². The molecule has 0 unspecified atom stereocenters. The van der Waals surface area contributed by atoms with Crippen LogP contribution in [0.2, 0.25) is 0 Å². The van der Waals surface area contributed by atoms with Crippen molar-refractivity contribution in [2.24, 2.45) is 0 Å². The fourth-order valence-electron chi connectivity index (χ4n) is 1.77. The number of aromatic nitrogens is 3. The molecule has 1 N–H and O–H groups in total. The van der Waals surface area contributed by atoms with Crippen molar-refractivity contribution in [1.29, 1.82) is 5.26 Å². The Morgan fingerprint density at radius 3 is 2.28 bits per heavy atom. The molecule has 0 spiro atoms. The van der Waals surface area contributed by atoms with Crippen molar-refractivity contribution in [3.63, 3.8) is 0 Å². The van der Waals surface area contributed by atoms with Crippen LogP contribution in [0.4, 0.5) is 5.82 Å². The Bertz CT molecular complexity index is 614. The zero-order chi connectivity index (χ0) is 13.3. The SMILES string of the molecule is Cc1nnc(Nn2c(C)ccc2C)c(C#N)c1C. The van der Waals surface area contributed by atoms with Crippen molar-refractivity contribution < 1.29 is 0 Å². The molecule has 0 radical (unpaired) electrons. The van der Waals surface area contributed by atoms with Gasteiger partial charge in [0.25, 0.3) is 0 Å². The highest BCUT2D eigenvalue weighted by molar-refractivity contribution is 5.55. The summed E-state index contributed by atoms with van der Waals surface area (Å²) in [4.78, 5) is 0. The van der Waals surface area contributed by atoms with Gasteiger partial charge in [0.1, 0.15) is 11.6 Å². The molecule has 0 bridgehead atoms. The molecule has 0 aliphatic heterocycles. The van der Waals surface area contributed by atoms with Gasteiger partial charge in [0, 0.05) is 11.4 Å². The van der Waals surface area contributed by atoms with E-state index in [1.807, 2.05) is 44.5 Å². The van der Waals surface area contributed by atoms with Gasteiger partial charge in [-0.3, -0.25) is 10.1 Å². The molecule has 0 aliphatic carbocycles. The molecule has 0 amide bonds. The van der Waals surface area contributed by atoms with Crippen molar-refractivity contribution in [2.75, 3.05) is 5.43 Å². The van der Waals surface area contributed by atoms with Gasteiger partial charge in [-0.1, -0.05) is 0 Å². The molecule has 0 saturated carbocycles. The van der Waals surface area contributed by atoms with E-state index in [1.165, 1.54) is 0 Å². The van der Waals surface area contributed by atoms with Crippen molar-refractivity contribution >= 4 is 5.82 Å². The summed E-state index contributed by atoms with van der Waals surface area (Å²) in [6.07, 6.45) is 0. The van der Waals surface area contributed by atoms with Crippen molar-refractivity contribution in [3.05, 3.63) is 40.3 Å². The average molecular weight is 241 g/mol. The second kappa shape index (κ2) is 4.49. The molecule has 0 saturated heterocycles. The number of nitrogens with zero attached hydrogens (tertiary/aromatic N) is 4. The topological polar surface area (TPSA) is 66.5 Å². The number of aryl methyl sites for hydroxylation is 3. The lowest BCUT2D eigenvalue weighted by Crippen LogP contribution is -2.16. The van der Waals surface area contributed by atoms with Crippen LogP contribution in [0.3, 0.4) is 0 Å². The summed E-state index contributed by atoms with van der Waals surface area (Å²) in [6, 6.07) is 6.18. The average Bonchev–Trinajstić information content (AvgIpc) is 2.66. The summed E-state index contributed by atoms with van der Waals surface area (Å²) < 4.78 is 1.89. The molecule has 5 nitrogen and oxygen atoms in total. The van der Waals surface area contributed by atoms with Gasteiger partial charge in [0.2, 0.25) is 0 Å². The molecule has 0 fully saturated rings. The highest BCUT2D eigenvalue weighted by atomic mass is 15.4. The summed E-state index contributed by atoms with van der Waals surface area (Å²) in [5.41, 5.74) is 7.40. The Hall–Kier alpha value is -2.35. The minimum Gasteiger partial charge on any atom is -0.275 e. The zero-order valence-corrected chi connectivity index (χ0v) is 10.9. The maximum atomic E-state index is 9.22. The standard InChI is InChI=1S/C13H15N5/c1-8-5-6-9(2)18(8)17-13-12(7-14)10(3)11(4)15-16-13/h5-6H,1-4H3,(H,16,17). The first-order valence-electron chi connectivity index (χ1n) is 5.70. The third kappa shape index (κ3) is 1.93. The monoisotopic (exact) mass is 241 g/mol. The van der Waals surface area contributed by atoms with E-state index >= 15 is 0 Å². The molecule has 0 atom stereocenters. The van der Waals surface area contributed by atoms with Gasteiger partial charge < -0.3 is 0 Å². The first-order valence-corrected chi connectivity index (χ1v) is 5.70. The van der Waals surface area contributed by atoms with Crippen LogP contribution in [-0.4, -0.2) is 14.9 Å². The Kier molecular flexibility index (Phi) is 3.02. The zero-order valence-electron chi connectivity index (χ0n) is 10.9. The fourth-order valence-corrected chi connectivity index (χ4v) is 1.77. The predicted octanol–water partition coefficient (Wildman–Crippen LogP) is 2.26. The maximum Gasteiger partial charge on any atom is 0.185 e. The second-order valence-corrected chi connectivity index (χ2v) is 4.31. The van der Waals surface area contributed by atoms with Crippen LogP contribution in [0.25, 0.3) is 0 Å². The molecule has 2 heterocycles. The highest BCUT2D eigenvalue weighted by Crippen LogP contribution is 2.18. The van der Waals surface area contributed by atoms with Gasteiger partial charge in [-0.2, -0.15) is 10.4 Å². The highest BCUT2D eigenvalue weighted by Gasteiger charge is 2.12. The van der Waals surface area contributed by atoms with Gasteiger partial charge in [-0.15, -0.1) is 5.10 Å².